The fourth-order valence-corrected chi connectivity index (χ4v) is 4.07. The number of hydrogen-bond donors (Lipinski definition) is 0. The zero-order valence-electron chi connectivity index (χ0n) is 12.7. The van der Waals surface area contributed by atoms with Crippen molar-refractivity contribution in [1.29, 1.82) is 0 Å². The van der Waals surface area contributed by atoms with Gasteiger partial charge in [-0.2, -0.15) is 0 Å². The van der Waals surface area contributed by atoms with E-state index >= 15 is 0 Å². The topological polar surface area (TPSA) is 36.9 Å². The summed E-state index contributed by atoms with van der Waals surface area (Å²) in [4.78, 5) is 0. The molecule has 0 heterocycles. The van der Waals surface area contributed by atoms with E-state index in [9.17, 15) is 0 Å². The summed E-state index contributed by atoms with van der Waals surface area (Å²) >= 11 is 4.52. The highest BCUT2D eigenvalue weighted by molar-refractivity contribution is 14.1. The Morgan fingerprint density at radius 1 is 0.545 bits per heavy atom. The van der Waals surface area contributed by atoms with E-state index in [1.165, 1.54) is 0 Å². The molecule has 0 radical (unpaired) electrons. The third-order valence-electron chi connectivity index (χ3n) is 3.27. The van der Waals surface area contributed by atoms with Crippen LogP contribution in [0.15, 0.2) is 24.3 Å². The second-order valence-electron chi connectivity index (χ2n) is 4.32. The minimum Gasteiger partial charge on any atom is -0.496 e. The summed E-state index contributed by atoms with van der Waals surface area (Å²) in [7, 11) is 6.62. The van der Waals surface area contributed by atoms with Gasteiger partial charge in [-0.3, -0.25) is 0 Å². The molecule has 0 aliphatic heterocycles. The first-order valence-electron chi connectivity index (χ1n) is 6.40. The van der Waals surface area contributed by atoms with Crippen molar-refractivity contribution in [1.82, 2.24) is 0 Å². The molecule has 0 bridgehead atoms. The highest BCUT2D eigenvalue weighted by Crippen LogP contribution is 2.47. The van der Waals surface area contributed by atoms with E-state index in [0.29, 0.717) is 0 Å². The summed E-state index contributed by atoms with van der Waals surface area (Å²) in [5.41, 5.74) is 1.87. The lowest BCUT2D eigenvalue weighted by Crippen LogP contribution is -2.00. The van der Waals surface area contributed by atoms with Gasteiger partial charge in [0.1, 0.15) is 23.0 Å². The summed E-state index contributed by atoms with van der Waals surface area (Å²) in [6.45, 7) is 0. The van der Waals surface area contributed by atoms with Gasteiger partial charge in [0.15, 0.2) is 0 Å². The second kappa shape index (κ2) is 7.58. The van der Waals surface area contributed by atoms with Gasteiger partial charge in [0.25, 0.3) is 0 Å². The Morgan fingerprint density at radius 2 is 0.818 bits per heavy atom. The lowest BCUT2D eigenvalue weighted by atomic mass is 10.0. The minimum absolute atomic E-state index is 0.759. The summed E-state index contributed by atoms with van der Waals surface area (Å²) in [6.07, 6.45) is 0. The minimum atomic E-state index is 0.759. The van der Waals surface area contributed by atoms with Crippen LogP contribution in [0.3, 0.4) is 0 Å². The smallest absolute Gasteiger partial charge is 0.133 e. The monoisotopic (exact) mass is 526 g/mol. The number of rotatable bonds is 5. The van der Waals surface area contributed by atoms with Crippen LogP contribution in [-0.4, -0.2) is 28.4 Å². The van der Waals surface area contributed by atoms with E-state index < -0.39 is 0 Å². The maximum Gasteiger partial charge on any atom is 0.133 e. The van der Waals surface area contributed by atoms with Gasteiger partial charge in [0.2, 0.25) is 0 Å². The summed E-state index contributed by atoms with van der Waals surface area (Å²) in [6, 6.07) is 7.57. The predicted molar refractivity (Wildman–Crippen MR) is 104 cm³/mol. The lowest BCUT2D eigenvalue weighted by Gasteiger charge is -2.19. The maximum absolute atomic E-state index is 5.55. The first kappa shape index (κ1) is 17.5. The number of methoxy groups -OCH3 is 4. The largest absolute Gasteiger partial charge is 0.496 e. The fourth-order valence-electron chi connectivity index (χ4n) is 2.20. The highest BCUT2D eigenvalue weighted by Gasteiger charge is 2.22. The second-order valence-corrected chi connectivity index (χ2v) is 6.48. The molecule has 2 aromatic rings. The van der Waals surface area contributed by atoms with Crippen molar-refractivity contribution in [3.05, 3.63) is 31.4 Å². The van der Waals surface area contributed by atoms with Gasteiger partial charge in [-0.15, -0.1) is 0 Å². The molecule has 4 nitrogen and oxygen atoms in total. The van der Waals surface area contributed by atoms with Crippen molar-refractivity contribution in [3.63, 3.8) is 0 Å². The zero-order chi connectivity index (χ0) is 16.3. The molecule has 0 aliphatic carbocycles. The van der Waals surface area contributed by atoms with Crippen LogP contribution in [0.5, 0.6) is 23.0 Å². The Labute approximate surface area is 157 Å². The van der Waals surface area contributed by atoms with Crippen molar-refractivity contribution >= 4 is 45.2 Å². The molecule has 0 N–H and O–H groups in total. The van der Waals surface area contributed by atoms with Crippen molar-refractivity contribution < 1.29 is 18.9 Å². The highest BCUT2D eigenvalue weighted by atomic mass is 127. The van der Waals surface area contributed by atoms with E-state index in [1.807, 2.05) is 24.3 Å². The molecule has 22 heavy (non-hydrogen) atoms. The van der Waals surface area contributed by atoms with Crippen LogP contribution in [0.2, 0.25) is 0 Å². The molecule has 2 rings (SSSR count). The van der Waals surface area contributed by atoms with Crippen LogP contribution in [0.25, 0.3) is 11.1 Å². The molecule has 0 spiro atoms. The first-order valence-corrected chi connectivity index (χ1v) is 8.56. The average Bonchev–Trinajstić information content (AvgIpc) is 2.54. The van der Waals surface area contributed by atoms with E-state index in [0.717, 1.165) is 41.3 Å². The van der Waals surface area contributed by atoms with Gasteiger partial charge >= 0.3 is 0 Å². The molecule has 2 aromatic carbocycles. The van der Waals surface area contributed by atoms with E-state index in [1.54, 1.807) is 28.4 Å². The maximum atomic E-state index is 5.55. The van der Waals surface area contributed by atoms with Gasteiger partial charge < -0.3 is 18.9 Å². The Bertz CT molecular complexity index is 627. The number of ether oxygens (including phenoxy) is 4. The molecule has 0 amide bonds. The third-order valence-corrected chi connectivity index (χ3v) is 5.41. The quantitative estimate of drug-likeness (QED) is 0.535. The summed E-state index contributed by atoms with van der Waals surface area (Å²) < 4.78 is 23.9. The van der Waals surface area contributed by atoms with Crippen LogP contribution in [0, 0.1) is 7.14 Å². The van der Waals surface area contributed by atoms with Crippen molar-refractivity contribution in [2.75, 3.05) is 28.4 Å². The Kier molecular flexibility index (Phi) is 6.01. The van der Waals surface area contributed by atoms with E-state index in [2.05, 4.69) is 45.2 Å². The molecular formula is C16H16I2O4. The average molecular weight is 526 g/mol. The third kappa shape index (κ3) is 3.08. The summed E-state index contributed by atoms with van der Waals surface area (Å²) in [5, 5.41) is 0. The van der Waals surface area contributed by atoms with Crippen LogP contribution >= 0.6 is 45.2 Å². The Balaban J connectivity index is 2.86. The molecule has 0 aromatic heterocycles. The Hall–Kier alpha value is -0.900. The lowest BCUT2D eigenvalue weighted by molar-refractivity contribution is 0.396. The summed E-state index contributed by atoms with van der Waals surface area (Å²) in [5.74, 6) is 3.10. The number of hydrogen-bond acceptors (Lipinski definition) is 4. The van der Waals surface area contributed by atoms with Crippen molar-refractivity contribution in [2.24, 2.45) is 0 Å². The molecule has 0 saturated carbocycles. The standard InChI is InChI=1S/C16H16I2O4/c1-19-9-5-7-11(21-3)15(17)13(9)14-10(20-2)6-8-12(22-4)16(14)18/h5-8H,1-4H3. The van der Waals surface area contributed by atoms with Crippen LogP contribution in [0.4, 0.5) is 0 Å². The number of halogens is 2. The van der Waals surface area contributed by atoms with Gasteiger partial charge in [0.05, 0.1) is 35.6 Å². The Morgan fingerprint density at radius 3 is 1.09 bits per heavy atom. The molecule has 0 aliphatic rings. The van der Waals surface area contributed by atoms with Crippen molar-refractivity contribution in [2.45, 2.75) is 0 Å². The molecule has 6 heteroatoms. The van der Waals surface area contributed by atoms with Gasteiger partial charge in [0, 0.05) is 11.1 Å². The van der Waals surface area contributed by atoms with E-state index in [4.69, 9.17) is 18.9 Å². The normalized spacial score (nSPS) is 10.3. The fraction of sp³-hybridized carbons (Fsp3) is 0.250. The van der Waals surface area contributed by atoms with Crippen LogP contribution in [0.1, 0.15) is 0 Å². The number of benzene rings is 2. The predicted octanol–water partition coefficient (Wildman–Crippen LogP) is 4.60. The van der Waals surface area contributed by atoms with Gasteiger partial charge in [-0.1, -0.05) is 0 Å². The SMILES string of the molecule is COc1ccc(OC)c(-c2c(OC)ccc(OC)c2I)c1I. The first-order chi connectivity index (χ1) is 10.6. The van der Waals surface area contributed by atoms with Gasteiger partial charge in [-0.05, 0) is 69.4 Å². The zero-order valence-corrected chi connectivity index (χ0v) is 17.0. The molecule has 0 unspecified atom stereocenters. The molecule has 118 valence electrons. The molecule has 0 saturated heterocycles. The van der Waals surface area contributed by atoms with Crippen LogP contribution in [-0.2, 0) is 0 Å². The van der Waals surface area contributed by atoms with E-state index in [-0.39, 0.29) is 0 Å². The van der Waals surface area contributed by atoms with Crippen molar-refractivity contribution in [3.8, 4) is 34.1 Å². The molecule has 0 atom stereocenters. The molecular weight excluding hydrogens is 510 g/mol. The van der Waals surface area contributed by atoms with Crippen LogP contribution < -0.4 is 18.9 Å². The van der Waals surface area contributed by atoms with Gasteiger partial charge in [-0.25, -0.2) is 0 Å². The molecule has 0 fully saturated rings.